The number of hydrogen-bond donors (Lipinski definition) is 3. The maximum atomic E-state index is 11.8. The van der Waals surface area contributed by atoms with Gasteiger partial charge in [0.05, 0.1) is 6.42 Å². The Labute approximate surface area is 126 Å². The number of rotatable bonds is 8. The van der Waals surface area contributed by atoms with Gasteiger partial charge in [0.2, 0.25) is 0 Å². The van der Waals surface area contributed by atoms with Gasteiger partial charge in [-0.3, -0.25) is 4.79 Å². The van der Waals surface area contributed by atoms with Crippen molar-refractivity contribution in [2.24, 2.45) is 5.41 Å². The molecular weight excluding hydrogens is 276 g/mol. The molecule has 3 N–H and O–H groups in total. The zero-order chi connectivity index (χ0) is 15.8. The molecule has 0 rings (SSSR count). The molecule has 0 aromatic carbocycles. The average Bonchev–Trinajstić information content (AvgIpc) is 2.25. The van der Waals surface area contributed by atoms with Gasteiger partial charge in [-0.2, -0.15) is 11.8 Å². The third-order valence-corrected chi connectivity index (χ3v) is 3.89. The predicted octanol–water partition coefficient (Wildman–Crippen LogP) is 2.71. The minimum Gasteiger partial charge on any atom is -0.481 e. The molecule has 118 valence electrons. The first-order chi connectivity index (χ1) is 9.14. The van der Waals surface area contributed by atoms with Crippen molar-refractivity contribution >= 4 is 23.8 Å². The molecule has 0 aromatic rings. The second-order valence-corrected chi connectivity index (χ2v) is 7.57. The molecule has 0 saturated heterocycles. The van der Waals surface area contributed by atoms with E-state index in [-0.39, 0.29) is 23.9 Å². The Morgan fingerprint density at radius 1 is 1.30 bits per heavy atom. The summed E-state index contributed by atoms with van der Waals surface area (Å²) in [6.07, 6.45) is 3.52. The summed E-state index contributed by atoms with van der Waals surface area (Å²) in [6, 6.07) is -0.626. The van der Waals surface area contributed by atoms with Gasteiger partial charge < -0.3 is 15.7 Å². The van der Waals surface area contributed by atoms with E-state index in [9.17, 15) is 9.59 Å². The molecule has 6 heteroatoms. The molecule has 0 aliphatic carbocycles. The number of nitrogens with one attached hydrogen (secondary N) is 2. The maximum Gasteiger partial charge on any atom is 0.315 e. The molecule has 5 nitrogen and oxygen atoms in total. The summed E-state index contributed by atoms with van der Waals surface area (Å²) in [5.41, 5.74) is -0.0270. The van der Waals surface area contributed by atoms with E-state index in [0.29, 0.717) is 18.2 Å². The number of carbonyl (C=O) groups excluding carboxylic acids is 1. The van der Waals surface area contributed by atoms with Crippen LogP contribution < -0.4 is 10.6 Å². The van der Waals surface area contributed by atoms with Gasteiger partial charge in [0, 0.05) is 17.8 Å². The van der Waals surface area contributed by atoms with E-state index in [2.05, 4.69) is 17.6 Å². The average molecular weight is 304 g/mol. The SMILES string of the molecule is CSC(C)CCNC(=O)NC(CC(=O)O)CC(C)(C)C. The first-order valence-corrected chi connectivity index (χ1v) is 8.22. The lowest BCUT2D eigenvalue weighted by molar-refractivity contribution is -0.137. The summed E-state index contributed by atoms with van der Waals surface area (Å²) >= 11 is 1.76. The summed E-state index contributed by atoms with van der Waals surface area (Å²) < 4.78 is 0. The Kier molecular flexibility index (Phi) is 8.69. The Balaban J connectivity index is 4.21. The third kappa shape index (κ3) is 11.0. The van der Waals surface area contributed by atoms with Gasteiger partial charge in [-0.25, -0.2) is 4.79 Å². The van der Waals surface area contributed by atoms with Crippen LogP contribution in [0.5, 0.6) is 0 Å². The minimum atomic E-state index is -0.893. The van der Waals surface area contributed by atoms with Crippen molar-refractivity contribution in [2.45, 2.75) is 58.2 Å². The second kappa shape index (κ2) is 9.10. The molecule has 0 fully saturated rings. The number of carboxylic acids is 1. The number of carboxylic acid groups (broad SMARTS) is 1. The number of hydrogen-bond acceptors (Lipinski definition) is 3. The summed E-state index contributed by atoms with van der Waals surface area (Å²) in [6.45, 7) is 8.80. The highest BCUT2D eigenvalue weighted by Gasteiger charge is 2.22. The van der Waals surface area contributed by atoms with Crippen molar-refractivity contribution in [3.05, 3.63) is 0 Å². The largest absolute Gasteiger partial charge is 0.481 e. The quantitative estimate of drug-likeness (QED) is 0.644. The molecule has 0 bridgehead atoms. The summed E-state index contributed by atoms with van der Waals surface area (Å²) in [4.78, 5) is 22.6. The van der Waals surface area contributed by atoms with Crippen LogP contribution in [0.25, 0.3) is 0 Å². The zero-order valence-electron chi connectivity index (χ0n) is 13.2. The van der Waals surface area contributed by atoms with Gasteiger partial charge in [-0.05, 0) is 24.5 Å². The third-order valence-electron chi connectivity index (χ3n) is 2.85. The summed E-state index contributed by atoms with van der Waals surface area (Å²) in [5.74, 6) is -0.893. The van der Waals surface area contributed by atoms with Crippen LogP contribution >= 0.6 is 11.8 Å². The molecule has 2 unspecified atom stereocenters. The van der Waals surface area contributed by atoms with Gasteiger partial charge >= 0.3 is 12.0 Å². The van der Waals surface area contributed by atoms with Crippen LogP contribution in [-0.4, -0.2) is 41.2 Å². The lowest BCUT2D eigenvalue weighted by atomic mass is 9.87. The maximum absolute atomic E-state index is 11.8. The summed E-state index contributed by atoms with van der Waals surface area (Å²) in [5, 5.41) is 14.9. The first kappa shape index (κ1) is 19.1. The van der Waals surface area contributed by atoms with E-state index in [4.69, 9.17) is 5.11 Å². The lowest BCUT2D eigenvalue weighted by Gasteiger charge is -2.26. The number of aliphatic carboxylic acids is 1. The molecular formula is C14H28N2O3S. The van der Waals surface area contributed by atoms with Crippen molar-refractivity contribution in [1.29, 1.82) is 0 Å². The van der Waals surface area contributed by atoms with Crippen molar-refractivity contribution in [3.63, 3.8) is 0 Å². The van der Waals surface area contributed by atoms with E-state index in [0.717, 1.165) is 6.42 Å². The standard InChI is InChI=1S/C14H28N2O3S/c1-10(20-5)6-7-15-13(19)16-11(8-12(17)18)9-14(2,3)4/h10-11H,6-9H2,1-5H3,(H,17,18)(H2,15,16,19). The Morgan fingerprint density at radius 3 is 2.35 bits per heavy atom. The number of urea groups is 1. The van der Waals surface area contributed by atoms with E-state index in [1.165, 1.54) is 0 Å². The van der Waals surface area contributed by atoms with Gasteiger partial charge in [-0.1, -0.05) is 27.7 Å². The first-order valence-electron chi connectivity index (χ1n) is 6.93. The zero-order valence-corrected chi connectivity index (χ0v) is 14.0. The molecule has 20 heavy (non-hydrogen) atoms. The van der Waals surface area contributed by atoms with E-state index < -0.39 is 5.97 Å². The van der Waals surface area contributed by atoms with Gasteiger partial charge in [-0.15, -0.1) is 0 Å². The highest BCUT2D eigenvalue weighted by atomic mass is 32.2. The van der Waals surface area contributed by atoms with Crippen LogP contribution in [-0.2, 0) is 4.79 Å². The van der Waals surface area contributed by atoms with Crippen LogP contribution in [0.4, 0.5) is 4.79 Å². The molecule has 0 radical (unpaired) electrons. The molecule has 0 spiro atoms. The van der Waals surface area contributed by atoms with Gasteiger partial charge in [0.1, 0.15) is 0 Å². The van der Waals surface area contributed by atoms with Crippen LogP contribution in [0, 0.1) is 5.41 Å². The molecule has 0 heterocycles. The van der Waals surface area contributed by atoms with E-state index >= 15 is 0 Å². The van der Waals surface area contributed by atoms with Crippen LogP contribution in [0.3, 0.4) is 0 Å². The minimum absolute atomic E-state index is 0.0270. The molecule has 0 saturated carbocycles. The molecule has 2 amide bonds. The van der Waals surface area contributed by atoms with Crippen molar-refractivity contribution in [1.82, 2.24) is 10.6 Å². The van der Waals surface area contributed by atoms with E-state index in [1.54, 1.807) is 11.8 Å². The summed E-state index contributed by atoms with van der Waals surface area (Å²) in [7, 11) is 0. The van der Waals surface area contributed by atoms with Crippen molar-refractivity contribution in [2.75, 3.05) is 12.8 Å². The monoisotopic (exact) mass is 304 g/mol. The van der Waals surface area contributed by atoms with Crippen LogP contribution in [0.2, 0.25) is 0 Å². The number of carbonyl (C=O) groups is 2. The molecule has 0 aromatic heterocycles. The second-order valence-electron chi connectivity index (χ2n) is 6.29. The molecule has 2 atom stereocenters. The van der Waals surface area contributed by atoms with Gasteiger partial charge in [0.15, 0.2) is 0 Å². The molecule has 0 aliphatic rings. The topological polar surface area (TPSA) is 78.4 Å². The highest BCUT2D eigenvalue weighted by molar-refractivity contribution is 7.99. The van der Waals surface area contributed by atoms with Crippen molar-refractivity contribution in [3.8, 4) is 0 Å². The fraction of sp³-hybridized carbons (Fsp3) is 0.857. The lowest BCUT2D eigenvalue weighted by Crippen LogP contribution is -2.45. The normalized spacial score (nSPS) is 14.4. The van der Waals surface area contributed by atoms with Gasteiger partial charge in [0.25, 0.3) is 0 Å². The fourth-order valence-corrected chi connectivity index (χ4v) is 2.22. The smallest absolute Gasteiger partial charge is 0.315 e. The Hall–Kier alpha value is -0.910. The number of amides is 2. The van der Waals surface area contributed by atoms with E-state index in [1.807, 2.05) is 27.0 Å². The van der Waals surface area contributed by atoms with Crippen molar-refractivity contribution < 1.29 is 14.7 Å². The predicted molar refractivity (Wildman–Crippen MR) is 84.2 cm³/mol. The van der Waals surface area contributed by atoms with Crippen LogP contribution in [0.15, 0.2) is 0 Å². The fourth-order valence-electron chi connectivity index (χ4n) is 1.87. The van der Waals surface area contributed by atoms with Crippen LogP contribution in [0.1, 0.15) is 47.0 Å². The number of thioether (sulfide) groups is 1. The Morgan fingerprint density at radius 2 is 1.90 bits per heavy atom. The highest BCUT2D eigenvalue weighted by Crippen LogP contribution is 2.22. The Bertz CT molecular complexity index is 316. The molecule has 0 aliphatic heterocycles.